The van der Waals surface area contributed by atoms with E-state index in [-0.39, 0.29) is 5.54 Å². The Labute approximate surface area is 118 Å². The van der Waals surface area contributed by atoms with E-state index in [2.05, 4.69) is 30.6 Å². The molecule has 0 saturated carbocycles. The van der Waals surface area contributed by atoms with Crippen LogP contribution in [0.2, 0.25) is 0 Å². The lowest BCUT2D eigenvalue weighted by atomic mass is 9.87. The number of likely N-dealkylation sites (tertiary alicyclic amines) is 1. The fourth-order valence-electron chi connectivity index (χ4n) is 3.76. The molecule has 0 aliphatic carbocycles. The Morgan fingerprint density at radius 3 is 2.68 bits per heavy atom. The first kappa shape index (κ1) is 15.2. The van der Waals surface area contributed by atoms with Crippen LogP contribution in [0.4, 0.5) is 0 Å². The molecule has 2 unspecified atom stereocenters. The van der Waals surface area contributed by atoms with E-state index in [9.17, 15) is 0 Å². The number of rotatable bonds is 3. The number of nitrogens with zero attached hydrogens (tertiary/aromatic N) is 2. The highest BCUT2D eigenvalue weighted by Crippen LogP contribution is 2.31. The van der Waals surface area contributed by atoms with E-state index in [1.807, 2.05) is 0 Å². The molecule has 2 N–H and O–H groups in total. The number of hydrogen-bond acceptors (Lipinski definition) is 4. The lowest BCUT2D eigenvalue weighted by Gasteiger charge is -2.48. The van der Waals surface area contributed by atoms with Crippen LogP contribution in [-0.4, -0.2) is 66.8 Å². The topological polar surface area (TPSA) is 41.7 Å². The van der Waals surface area contributed by atoms with Gasteiger partial charge in [0, 0.05) is 37.3 Å². The summed E-state index contributed by atoms with van der Waals surface area (Å²) in [5, 5.41) is 0. The molecule has 2 aliphatic heterocycles. The minimum absolute atomic E-state index is 0.201. The van der Waals surface area contributed by atoms with Crippen molar-refractivity contribution in [1.82, 2.24) is 9.80 Å². The Morgan fingerprint density at radius 2 is 2.05 bits per heavy atom. The zero-order valence-electron chi connectivity index (χ0n) is 12.9. The maximum Gasteiger partial charge on any atom is 0.0620 e. The summed E-state index contributed by atoms with van der Waals surface area (Å²) in [6, 6.07) is 1.15. The predicted molar refractivity (Wildman–Crippen MR) is 79.3 cm³/mol. The highest BCUT2D eigenvalue weighted by molar-refractivity contribution is 4.97. The van der Waals surface area contributed by atoms with Crippen molar-refractivity contribution in [3.8, 4) is 0 Å². The van der Waals surface area contributed by atoms with Crippen molar-refractivity contribution in [2.24, 2.45) is 5.73 Å². The van der Waals surface area contributed by atoms with E-state index in [1.54, 1.807) is 0 Å². The third-order valence-corrected chi connectivity index (χ3v) is 5.04. The third-order valence-electron chi connectivity index (χ3n) is 5.04. The van der Waals surface area contributed by atoms with Crippen LogP contribution in [0, 0.1) is 0 Å². The fraction of sp³-hybridized carbons (Fsp3) is 1.00. The summed E-state index contributed by atoms with van der Waals surface area (Å²) in [6.07, 6.45) is 3.70. The van der Waals surface area contributed by atoms with Gasteiger partial charge in [0.1, 0.15) is 0 Å². The average Bonchev–Trinajstić information content (AvgIpc) is 2.62. The Kier molecular flexibility index (Phi) is 5.23. The second-order valence-electron chi connectivity index (χ2n) is 6.53. The van der Waals surface area contributed by atoms with Gasteiger partial charge >= 0.3 is 0 Å². The van der Waals surface area contributed by atoms with Gasteiger partial charge in [0.15, 0.2) is 0 Å². The summed E-state index contributed by atoms with van der Waals surface area (Å²) >= 11 is 0. The number of nitrogens with two attached hydrogens (primary N) is 1. The predicted octanol–water partition coefficient (Wildman–Crippen LogP) is 1.30. The first-order valence-corrected chi connectivity index (χ1v) is 7.88. The highest BCUT2D eigenvalue weighted by atomic mass is 16.5. The summed E-state index contributed by atoms with van der Waals surface area (Å²) in [7, 11) is 0. The molecule has 0 amide bonds. The van der Waals surface area contributed by atoms with Crippen LogP contribution in [0.1, 0.15) is 40.0 Å². The Balaban J connectivity index is 2.08. The molecule has 2 atom stereocenters. The molecule has 4 heteroatoms. The molecule has 19 heavy (non-hydrogen) atoms. The summed E-state index contributed by atoms with van der Waals surface area (Å²) in [6.45, 7) is 12.8. The molecular weight excluding hydrogens is 238 g/mol. The Morgan fingerprint density at radius 1 is 1.26 bits per heavy atom. The van der Waals surface area contributed by atoms with Crippen LogP contribution in [0.5, 0.6) is 0 Å². The average molecular weight is 269 g/mol. The molecule has 2 fully saturated rings. The van der Waals surface area contributed by atoms with Crippen molar-refractivity contribution in [3.63, 3.8) is 0 Å². The first-order chi connectivity index (χ1) is 9.09. The summed E-state index contributed by atoms with van der Waals surface area (Å²) in [5.74, 6) is 0. The van der Waals surface area contributed by atoms with Gasteiger partial charge in [-0.2, -0.15) is 0 Å². The standard InChI is InChI=1S/C15H31N3O/c1-13(2)17-7-4-5-15(12-16,6-8-17)18-9-10-19-11-14(18)3/h13-14H,4-12,16H2,1-3H3. The minimum Gasteiger partial charge on any atom is -0.379 e. The molecule has 0 spiro atoms. The normalized spacial score (nSPS) is 35.5. The van der Waals surface area contributed by atoms with E-state index in [0.29, 0.717) is 12.1 Å². The second-order valence-corrected chi connectivity index (χ2v) is 6.53. The molecule has 0 bridgehead atoms. The van der Waals surface area contributed by atoms with Crippen LogP contribution in [-0.2, 0) is 4.74 Å². The van der Waals surface area contributed by atoms with Crippen LogP contribution >= 0.6 is 0 Å². The second kappa shape index (κ2) is 6.53. The van der Waals surface area contributed by atoms with E-state index in [4.69, 9.17) is 10.5 Å². The maximum absolute atomic E-state index is 6.22. The number of hydrogen-bond donors (Lipinski definition) is 1. The molecule has 0 radical (unpaired) electrons. The van der Waals surface area contributed by atoms with Crippen molar-refractivity contribution >= 4 is 0 Å². The monoisotopic (exact) mass is 269 g/mol. The van der Waals surface area contributed by atoms with Gasteiger partial charge < -0.3 is 15.4 Å². The Hall–Kier alpha value is -0.160. The van der Waals surface area contributed by atoms with Gasteiger partial charge in [-0.1, -0.05) is 0 Å². The molecule has 0 aromatic carbocycles. The van der Waals surface area contributed by atoms with Crippen LogP contribution < -0.4 is 5.73 Å². The minimum atomic E-state index is 0.201. The van der Waals surface area contributed by atoms with Crippen molar-refractivity contribution < 1.29 is 4.74 Å². The van der Waals surface area contributed by atoms with E-state index >= 15 is 0 Å². The highest BCUT2D eigenvalue weighted by Gasteiger charge is 2.40. The quantitative estimate of drug-likeness (QED) is 0.838. The van der Waals surface area contributed by atoms with Gasteiger partial charge in [0.05, 0.1) is 13.2 Å². The first-order valence-electron chi connectivity index (χ1n) is 7.88. The van der Waals surface area contributed by atoms with Crippen molar-refractivity contribution in [2.75, 3.05) is 39.4 Å². The summed E-state index contributed by atoms with van der Waals surface area (Å²) < 4.78 is 5.59. The zero-order chi connectivity index (χ0) is 13.9. The third kappa shape index (κ3) is 3.30. The lowest BCUT2D eigenvalue weighted by molar-refractivity contribution is -0.0615. The van der Waals surface area contributed by atoms with Gasteiger partial charge in [-0.15, -0.1) is 0 Å². The molecule has 0 aromatic heterocycles. The molecular formula is C15H31N3O. The van der Waals surface area contributed by atoms with Crippen LogP contribution in [0.25, 0.3) is 0 Å². The molecule has 112 valence electrons. The van der Waals surface area contributed by atoms with Crippen LogP contribution in [0.15, 0.2) is 0 Å². The SMILES string of the molecule is CC(C)N1CCCC(CN)(N2CCOCC2C)CC1. The molecule has 2 rings (SSSR count). The van der Waals surface area contributed by atoms with Gasteiger partial charge in [0.25, 0.3) is 0 Å². The van der Waals surface area contributed by atoms with Crippen molar-refractivity contribution in [2.45, 2.75) is 57.7 Å². The summed E-state index contributed by atoms with van der Waals surface area (Å²) in [5.41, 5.74) is 6.42. The van der Waals surface area contributed by atoms with Crippen molar-refractivity contribution in [1.29, 1.82) is 0 Å². The van der Waals surface area contributed by atoms with Gasteiger partial charge in [0.2, 0.25) is 0 Å². The smallest absolute Gasteiger partial charge is 0.0620 e. The molecule has 0 aromatic rings. The van der Waals surface area contributed by atoms with E-state index in [0.717, 1.165) is 26.3 Å². The molecule has 4 nitrogen and oxygen atoms in total. The van der Waals surface area contributed by atoms with E-state index in [1.165, 1.54) is 32.4 Å². The summed E-state index contributed by atoms with van der Waals surface area (Å²) in [4.78, 5) is 5.24. The number of ether oxygens (including phenoxy) is 1. The lowest BCUT2D eigenvalue weighted by Crippen LogP contribution is -2.61. The molecule has 2 heterocycles. The Bertz CT molecular complexity index is 285. The zero-order valence-corrected chi connectivity index (χ0v) is 12.9. The number of morpholine rings is 1. The van der Waals surface area contributed by atoms with Crippen LogP contribution in [0.3, 0.4) is 0 Å². The maximum atomic E-state index is 6.22. The fourth-order valence-corrected chi connectivity index (χ4v) is 3.76. The molecule has 2 aliphatic rings. The van der Waals surface area contributed by atoms with Gasteiger partial charge in [-0.25, -0.2) is 0 Å². The van der Waals surface area contributed by atoms with Gasteiger partial charge in [-0.3, -0.25) is 4.90 Å². The van der Waals surface area contributed by atoms with Crippen molar-refractivity contribution in [3.05, 3.63) is 0 Å². The van der Waals surface area contributed by atoms with E-state index < -0.39 is 0 Å². The van der Waals surface area contributed by atoms with Gasteiger partial charge in [-0.05, 0) is 46.6 Å². The molecule has 2 saturated heterocycles. The largest absolute Gasteiger partial charge is 0.379 e.